The third-order valence-electron chi connectivity index (χ3n) is 8.56. The predicted molar refractivity (Wildman–Crippen MR) is 155 cm³/mol. The smallest absolute Gasteiger partial charge is 0.280 e. The van der Waals surface area contributed by atoms with Crippen LogP contribution >= 0.6 is 11.6 Å². The molecule has 2 saturated heterocycles. The first-order valence-electron chi connectivity index (χ1n) is 14.3. The molecule has 2 aliphatic heterocycles. The van der Waals surface area contributed by atoms with Crippen LogP contribution in [0.25, 0.3) is 0 Å². The van der Waals surface area contributed by atoms with E-state index in [4.69, 9.17) is 16.3 Å². The molecular formula is C31H40ClF2N3O4. The molecule has 1 atom stereocenters. The first-order chi connectivity index (χ1) is 19.6. The third kappa shape index (κ3) is 7.19. The van der Waals surface area contributed by atoms with Crippen LogP contribution in [0.4, 0.5) is 14.5 Å². The molecule has 1 unspecified atom stereocenters. The number of alkyl halides is 2. The molecule has 0 spiro atoms. The number of piperidine rings is 2. The maximum Gasteiger partial charge on any atom is 0.280 e. The number of halogens is 3. The van der Waals surface area contributed by atoms with E-state index in [9.17, 15) is 23.5 Å². The lowest BCUT2D eigenvalue weighted by Gasteiger charge is -2.39. The minimum atomic E-state index is -3.21. The SMILES string of the molecule is COCCN(C)C(=O)c1ccc(N2CCC(CC3CCN(C(=O)C(O)(c4ccccc4)C(F)F)CC3)CC2)cc1Cl. The molecule has 0 saturated carbocycles. The van der Waals surface area contributed by atoms with Crippen molar-refractivity contribution >= 4 is 29.1 Å². The molecule has 2 amide bonds. The molecule has 10 heteroatoms. The van der Waals surface area contributed by atoms with Gasteiger partial charge in [-0.2, -0.15) is 0 Å². The predicted octanol–water partition coefficient (Wildman–Crippen LogP) is 5.06. The van der Waals surface area contributed by atoms with Crippen molar-refractivity contribution in [3.05, 3.63) is 64.7 Å². The number of aliphatic hydroxyl groups is 1. The maximum atomic E-state index is 13.9. The van der Waals surface area contributed by atoms with E-state index < -0.39 is 17.9 Å². The second-order valence-corrected chi connectivity index (χ2v) is 11.6. The summed E-state index contributed by atoms with van der Waals surface area (Å²) in [5, 5.41) is 11.2. The fourth-order valence-electron chi connectivity index (χ4n) is 5.96. The van der Waals surface area contributed by atoms with Gasteiger partial charge in [-0.05, 0) is 67.7 Å². The molecule has 0 aliphatic carbocycles. The largest absolute Gasteiger partial charge is 0.383 e. The summed E-state index contributed by atoms with van der Waals surface area (Å²) in [4.78, 5) is 31.0. The van der Waals surface area contributed by atoms with Crippen LogP contribution in [0.1, 0.15) is 48.0 Å². The van der Waals surface area contributed by atoms with Gasteiger partial charge in [0.1, 0.15) is 0 Å². The highest BCUT2D eigenvalue weighted by atomic mass is 35.5. The van der Waals surface area contributed by atoms with Crippen molar-refractivity contribution in [1.82, 2.24) is 9.80 Å². The minimum Gasteiger partial charge on any atom is -0.383 e. The van der Waals surface area contributed by atoms with Crippen LogP contribution < -0.4 is 4.90 Å². The third-order valence-corrected chi connectivity index (χ3v) is 8.88. The summed E-state index contributed by atoms with van der Waals surface area (Å²) in [5.41, 5.74) is -1.42. The highest BCUT2D eigenvalue weighted by Crippen LogP contribution is 2.35. The number of hydrogen-bond donors (Lipinski definition) is 1. The number of likely N-dealkylation sites (tertiary alicyclic amines) is 1. The number of anilines is 1. The maximum absolute atomic E-state index is 13.9. The van der Waals surface area contributed by atoms with Gasteiger partial charge in [-0.1, -0.05) is 41.9 Å². The van der Waals surface area contributed by atoms with Gasteiger partial charge in [0.05, 0.1) is 17.2 Å². The Balaban J connectivity index is 1.26. The molecule has 2 aromatic carbocycles. The van der Waals surface area contributed by atoms with E-state index in [-0.39, 0.29) is 11.5 Å². The Bertz CT molecular complexity index is 1170. The number of methoxy groups -OCH3 is 1. The highest BCUT2D eigenvalue weighted by Gasteiger charge is 2.49. The van der Waals surface area contributed by atoms with E-state index in [2.05, 4.69) is 4.90 Å². The number of ether oxygens (including phenoxy) is 1. The molecule has 41 heavy (non-hydrogen) atoms. The number of benzene rings is 2. The van der Waals surface area contributed by atoms with Crippen LogP contribution in [0, 0.1) is 11.8 Å². The molecule has 2 aliphatic rings. The number of rotatable bonds is 10. The van der Waals surface area contributed by atoms with Gasteiger partial charge in [0.2, 0.25) is 5.60 Å². The lowest BCUT2D eigenvalue weighted by molar-refractivity contribution is -0.173. The molecular weight excluding hydrogens is 552 g/mol. The van der Waals surface area contributed by atoms with Gasteiger partial charge in [-0.3, -0.25) is 9.59 Å². The number of likely N-dealkylation sites (N-methyl/N-ethyl adjacent to an activating group) is 1. The molecule has 224 valence electrons. The van der Waals surface area contributed by atoms with Crippen LogP contribution in [-0.4, -0.2) is 86.6 Å². The molecule has 2 heterocycles. The van der Waals surface area contributed by atoms with Crippen molar-refractivity contribution in [1.29, 1.82) is 0 Å². The van der Waals surface area contributed by atoms with E-state index >= 15 is 0 Å². The summed E-state index contributed by atoms with van der Waals surface area (Å²) in [6.07, 6.45) is 1.35. The van der Waals surface area contributed by atoms with Gasteiger partial charge < -0.3 is 24.5 Å². The van der Waals surface area contributed by atoms with E-state index in [1.807, 2.05) is 12.1 Å². The topological polar surface area (TPSA) is 73.3 Å². The van der Waals surface area contributed by atoms with E-state index in [1.54, 1.807) is 43.3 Å². The number of hydrogen-bond acceptors (Lipinski definition) is 5. The van der Waals surface area contributed by atoms with Crippen molar-refractivity contribution in [3.63, 3.8) is 0 Å². The van der Waals surface area contributed by atoms with Gasteiger partial charge in [0.25, 0.3) is 18.2 Å². The number of amides is 2. The molecule has 7 nitrogen and oxygen atoms in total. The van der Waals surface area contributed by atoms with Gasteiger partial charge in [0, 0.05) is 52.6 Å². The van der Waals surface area contributed by atoms with E-state index in [0.29, 0.717) is 48.7 Å². The van der Waals surface area contributed by atoms with E-state index in [0.717, 1.165) is 50.9 Å². The Hall–Kier alpha value is -2.75. The standard InChI is InChI=1S/C31H40ClF2N3O4/c1-35(18-19-41-2)28(38)26-9-8-25(21-27(26)32)36-14-10-22(11-15-36)20-23-12-16-37(17-13-23)30(39)31(40,29(33)34)24-6-4-3-5-7-24/h3-9,21-23,29,40H,10-20H2,1-2H3. The Labute approximate surface area is 246 Å². The van der Waals surface area contributed by atoms with Crippen LogP contribution in [0.2, 0.25) is 5.02 Å². The Morgan fingerprint density at radius 1 is 1.05 bits per heavy atom. The molecule has 0 bridgehead atoms. The number of carbonyl (C=O) groups excluding carboxylic acids is 2. The molecule has 0 radical (unpaired) electrons. The number of nitrogens with zero attached hydrogens (tertiary/aromatic N) is 3. The molecule has 2 aromatic rings. The van der Waals surface area contributed by atoms with Crippen molar-refractivity contribution in [2.24, 2.45) is 11.8 Å². The molecule has 4 rings (SSSR count). The monoisotopic (exact) mass is 591 g/mol. The van der Waals surface area contributed by atoms with Gasteiger partial charge in [-0.15, -0.1) is 0 Å². The average molecular weight is 592 g/mol. The molecule has 1 N–H and O–H groups in total. The van der Waals surface area contributed by atoms with E-state index in [1.165, 1.54) is 17.0 Å². The molecule has 2 fully saturated rings. The Kier molecular flexibility index (Phi) is 10.6. The minimum absolute atomic E-state index is 0.0779. The number of carbonyl (C=O) groups is 2. The zero-order valence-corrected chi connectivity index (χ0v) is 24.5. The zero-order chi connectivity index (χ0) is 29.6. The lowest BCUT2D eigenvalue weighted by atomic mass is 9.82. The summed E-state index contributed by atoms with van der Waals surface area (Å²) in [7, 11) is 3.33. The fraction of sp³-hybridized carbons (Fsp3) is 0.548. The first-order valence-corrected chi connectivity index (χ1v) is 14.7. The van der Waals surface area contributed by atoms with Crippen LogP contribution in [0.3, 0.4) is 0 Å². The summed E-state index contributed by atoms with van der Waals surface area (Å²) in [6, 6.07) is 13.1. The quantitative estimate of drug-likeness (QED) is 0.418. The highest BCUT2D eigenvalue weighted by molar-refractivity contribution is 6.34. The average Bonchev–Trinajstić information content (AvgIpc) is 2.99. The lowest BCUT2D eigenvalue weighted by Crippen LogP contribution is -2.53. The van der Waals surface area contributed by atoms with Crippen LogP contribution in [-0.2, 0) is 15.1 Å². The second kappa shape index (κ2) is 13.9. The first kappa shape index (κ1) is 31.2. The van der Waals surface area contributed by atoms with Crippen LogP contribution in [0.15, 0.2) is 48.5 Å². The fourth-order valence-corrected chi connectivity index (χ4v) is 6.21. The van der Waals surface area contributed by atoms with Gasteiger partial charge in [0.15, 0.2) is 0 Å². The van der Waals surface area contributed by atoms with Gasteiger partial charge >= 0.3 is 0 Å². The Morgan fingerprint density at radius 3 is 2.22 bits per heavy atom. The zero-order valence-electron chi connectivity index (χ0n) is 23.8. The van der Waals surface area contributed by atoms with Gasteiger partial charge in [-0.25, -0.2) is 8.78 Å². The van der Waals surface area contributed by atoms with Crippen molar-refractivity contribution in [2.45, 2.75) is 44.1 Å². The second-order valence-electron chi connectivity index (χ2n) is 11.2. The summed E-state index contributed by atoms with van der Waals surface area (Å²) < 4.78 is 32.9. The summed E-state index contributed by atoms with van der Waals surface area (Å²) in [6.45, 7) is 3.46. The normalized spacial score (nSPS) is 18.4. The van der Waals surface area contributed by atoms with Crippen molar-refractivity contribution in [3.8, 4) is 0 Å². The van der Waals surface area contributed by atoms with Crippen LogP contribution in [0.5, 0.6) is 0 Å². The summed E-state index contributed by atoms with van der Waals surface area (Å²) in [5.74, 6) is -0.0872. The van der Waals surface area contributed by atoms with Crippen molar-refractivity contribution in [2.75, 3.05) is 58.4 Å². The Morgan fingerprint density at radius 2 is 1.66 bits per heavy atom. The summed E-state index contributed by atoms with van der Waals surface area (Å²) >= 11 is 6.50. The molecule has 0 aromatic heterocycles. The van der Waals surface area contributed by atoms with Crippen molar-refractivity contribution < 1.29 is 28.2 Å².